The van der Waals surface area contributed by atoms with Crippen LogP contribution in [0.25, 0.3) is 0 Å². The van der Waals surface area contributed by atoms with Crippen molar-refractivity contribution >= 4 is 5.97 Å². The monoisotopic (exact) mass is 344 g/mol. The molecule has 0 aromatic carbocycles. The van der Waals surface area contributed by atoms with Crippen LogP contribution in [0.4, 0.5) is 0 Å². The van der Waals surface area contributed by atoms with Gasteiger partial charge in [-0.05, 0) is 42.6 Å². The molecular formula is C20H24O5. The van der Waals surface area contributed by atoms with E-state index in [9.17, 15) is 4.79 Å². The molecule has 5 aliphatic rings. The Kier molecular flexibility index (Phi) is 2.45. The fraction of sp³-hybridized carbons (Fsp3) is 0.750. The Hall–Kier alpha value is -1.33. The molecular weight excluding hydrogens is 320 g/mol. The highest BCUT2D eigenvalue weighted by Crippen LogP contribution is 2.75. The molecule has 0 radical (unpaired) electrons. The van der Waals surface area contributed by atoms with Gasteiger partial charge < -0.3 is 18.6 Å². The summed E-state index contributed by atoms with van der Waals surface area (Å²) in [6.07, 6.45) is 6.24. The van der Waals surface area contributed by atoms with Gasteiger partial charge in [-0.1, -0.05) is 20.8 Å². The summed E-state index contributed by atoms with van der Waals surface area (Å²) in [5, 5.41) is 0. The molecule has 25 heavy (non-hydrogen) atoms. The van der Waals surface area contributed by atoms with Gasteiger partial charge in [-0.25, -0.2) is 4.79 Å². The fourth-order valence-corrected chi connectivity index (χ4v) is 7.12. The van der Waals surface area contributed by atoms with Crippen molar-refractivity contribution in [3.8, 4) is 0 Å². The molecule has 2 bridgehead atoms. The number of epoxide rings is 1. The second-order valence-electron chi connectivity index (χ2n) is 9.23. The molecule has 0 unspecified atom stereocenters. The predicted octanol–water partition coefficient (Wildman–Crippen LogP) is 3.24. The van der Waals surface area contributed by atoms with Crippen LogP contribution in [0.2, 0.25) is 0 Å². The lowest BCUT2D eigenvalue weighted by Crippen LogP contribution is -2.68. The summed E-state index contributed by atoms with van der Waals surface area (Å²) in [7, 11) is 0. The molecule has 5 nitrogen and oxygen atoms in total. The van der Waals surface area contributed by atoms with E-state index >= 15 is 0 Å². The molecule has 1 aromatic rings. The minimum absolute atomic E-state index is 0.00240. The van der Waals surface area contributed by atoms with E-state index in [1.807, 2.05) is 6.07 Å². The molecule has 5 heteroatoms. The van der Waals surface area contributed by atoms with Crippen molar-refractivity contribution in [2.75, 3.05) is 0 Å². The lowest BCUT2D eigenvalue weighted by Gasteiger charge is -2.63. The SMILES string of the molecule is C[C@H]1[C@H]2O[C@H](c3ccoc3)C[C@]1(C)[C@H]1CC[C@H]3O[C@]34C(=O)O[C@H]2[C@]14C. The molecule has 2 aliphatic carbocycles. The number of carbonyl (C=O) groups excluding carboxylic acids is 1. The van der Waals surface area contributed by atoms with Crippen LogP contribution in [0.3, 0.4) is 0 Å². The molecule has 3 saturated heterocycles. The molecule has 6 rings (SSSR count). The molecule has 0 N–H and O–H groups in total. The summed E-state index contributed by atoms with van der Waals surface area (Å²) in [5.74, 6) is 0.596. The number of esters is 1. The van der Waals surface area contributed by atoms with Crippen molar-refractivity contribution in [1.82, 2.24) is 0 Å². The topological polar surface area (TPSA) is 61.2 Å². The Morgan fingerprint density at radius 1 is 1.24 bits per heavy atom. The van der Waals surface area contributed by atoms with E-state index < -0.39 is 5.60 Å². The second-order valence-corrected chi connectivity index (χ2v) is 9.23. The maximum Gasteiger partial charge on any atom is 0.342 e. The van der Waals surface area contributed by atoms with Gasteiger partial charge in [0.2, 0.25) is 5.60 Å². The molecule has 1 aromatic heterocycles. The summed E-state index contributed by atoms with van der Waals surface area (Å²) in [6, 6.07) is 1.99. The lowest BCUT2D eigenvalue weighted by atomic mass is 9.42. The van der Waals surface area contributed by atoms with Crippen molar-refractivity contribution in [1.29, 1.82) is 0 Å². The summed E-state index contributed by atoms with van der Waals surface area (Å²) >= 11 is 0. The van der Waals surface area contributed by atoms with E-state index in [-0.39, 0.29) is 41.2 Å². The molecule has 0 amide bonds. The quantitative estimate of drug-likeness (QED) is 0.578. The first-order valence-corrected chi connectivity index (χ1v) is 9.49. The molecule has 1 spiro atoms. The number of furan rings is 1. The zero-order valence-electron chi connectivity index (χ0n) is 14.9. The molecule has 5 fully saturated rings. The standard InChI is InChI=1S/C20H24O5/c1-10-15-16-19(3)13(4-5-14-20(19,25-14)17(21)24-16)18(10,2)8-12(23-15)11-6-7-22-9-11/h6-7,9-10,12-16H,4-5,8H2,1-3H3/t10-,12-,13+,14+,15+,16+,18-,19-,20-/m0/s1. The van der Waals surface area contributed by atoms with Crippen LogP contribution in [0.1, 0.15) is 51.7 Å². The minimum Gasteiger partial charge on any atom is -0.472 e. The molecule has 134 valence electrons. The third-order valence-electron chi connectivity index (χ3n) is 8.58. The van der Waals surface area contributed by atoms with Gasteiger partial charge in [0, 0.05) is 5.56 Å². The Morgan fingerprint density at radius 3 is 2.84 bits per heavy atom. The Balaban J connectivity index is 1.50. The normalized spacial score (nSPS) is 58.3. The smallest absolute Gasteiger partial charge is 0.342 e. The van der Waals surface area contributed by atoms with E-state index in [4.69, 9.17) is 18.6 Å². The van der Waals surface area contributed by atoms with Gasteiger partial charge >= 0.3 is 5.97 Å². The first kappa shape index (κ1) is 14.8. The van der Waals surface area contributed by atoms with Gasteiger partial charge in [-0.15, -0.1) is 0 Å². The number of carbonyl (C=O) groups is 1. The maximum absolute atomic E-state index is 12.8. The number of fused-ring (bicyclic) bond motifs is 4. The highest BCUT2D eigenvalue weighted by atomic mass is 16.7. The van der Waals surface area contributed by atoms with Crippen LogP contribution in [0.15, 0.2) is 23.0 Å². The Morgan fingerprint density at radius 2 is 2.08 bits per heavy atom. The van der Waals surface area contributed by atoms with Crippen molar-refractivity contribution in [2.45, 2.75) is 70.1 Å². The van der Waals surface area contributed by atoms with Crippen LogP contribution < -0.4 is 0 Å². The van der Waals surface area contributed by atoms with Gasteiger partial charge in [0.05, 0.1) is 36.3 Å². The molecule has 3 aliphatic heterocycles. The van der Waals surface area contributed by atoms with Gasteiger partial charge in [0.15, 0.2) is 0 Å². The highest BCUT2D eigenvalue weighted by molar-refractivity contribution is 5.88. The summed E-state index contributed by atoms with van der Waals surface area (Å²) in [4.78, 5) is 12.8. The van der Waals surface area contributed by atoms with Crippen LogP contribution in [-0.2, 0) is 19.0 Å². The molecule has 2 saturated carbocycles. The number of hydrogen-bond donors (Lipinski definition) is 0. The second kappa shape index (κ2) is 4.15. The van der Waals surface area contributed by atoms with Gasteiger partial charge in [0.25, 0.3) is 0 Å². The van der Waals surface area contributed by atoms with E-state index in [0.717, 1.165) is 24.8 Å². The van der Waals surface area contributed by atoms with Gasteiger partial charge in [-0.3, -0.25) is 0 Å². The van der Waals surface area contributed by atoms with Crippen LogP contribution in [0.5, 0.6) is 0 Å². The third-order valence-corrected chi connectivity index (χ3v) is 8.58. The van der Waals surface area contributed by atoms with E-state index in [0.29, 0.717) is 11.8 Å². The Labute approximate surface area is 147 Å². The van der Waals surface area contributed by atoms with Crippen LogP contribution in [-0.4, -0.2) is 29.9 Å². The largest absolute Gasteiger partial charge is 0.472 e. The molecule has 4 heterocycles. The Bertz CT molecular complexity index is 758. The average Bonchev–Trinajstić information content (AvgIpc) is 3.00. The average molecular weight is 344 g/mol. The van der Waals surface area contributed by atoms with E-state index in [2.05, 4.69) is 20.8 Å². The zero-order chi connectivity index (χ0) is 17.2. The van der Waals surface area contributed by atoms with Crippen LogP contribution >= 0.6 is 0 Å². The van der Waals surface area contributed by atoms with Gasteiger partial charge in [-0.2, -0.15) is 0 Å². The van der Waals surface area contributed by atoms with Gasteiger partial charge in [0.1, 0.15) is 6.10 Å². The summed E-state index contributed by atoms with van der Waals surface area (Å²) < 4.78 is 23.9. The fourth-order valence-electron chi connectivity index (χ4n) is 7.12. The van der Waals surface area contributed by atoms with E-state index in [1.165, 1.54) is 0 Å². The first-order chi connectivity index (χ1) is 11.9. The summed E-state index contributed by atoms with van der Waals surface area (Å²) in [6.45, 7) is 6.89. The van der Waals surface area contributed by atoms with Crippen LogP contribution in [0, 0.1) is 22.7 Å². The minimum atomic E-state index is -0.702. The lowest BCUT2D eigenvalue weighted by molar-refractivity contribution is -0.266. The third kappa shape index (κ3) is 1.38. The van der Waals surface area contributed by atoms with Crippen molar-refractivity contribution < 1.29 is 23.4 Å². The van der Waals surface area contributed by atoms with Crippen molar-refractivity contribution in [3.05, 3.63) is 24.2 Å². The number of ether oxygens (including phenoxy) is 3. The number of hydrogen-bond acceptors (Lipinski definition) is 5. The first-order valence-electron chi connectivity index (χ1n) is 9.49. The predicted molar refractivity (Wildman–Crippen MR) is 86.5 cm³/mol. The highest BCUT2D eigenvalue weighted by Gasteiger charge is 2.87. The number of rotatable bonds is 1. The molecule has 9 atom stereocenters. The van der Waals surface area contributed by atoms with Crippen molar-refractivity contribution in [3.63, 3.8) is 0 Å². The van der Waals surface area contributed by atoms with Crippen molar-refractivity contribution in [2.24, 2.45) is 22.7 Å². The van der Waals surface area contributed by atoms with E-state index in [1.54, 1.807) is 12.5 Å². The summed E-state index contributed by atoms with van der Waals surface area (Å²) in [5.41, 5.74) is 0.197. The zero-order valence-corrected chi connectivity index (χ0v) is 14.9. The maximum atomic E-state index is 12.8.